The van der Waals surface area contributed by atoms with Gasteiger partial charge in [0.25, 0.3) is 5.91 Å². The highest BCUT2D eigenvalue weighted by atomic mass is 16.5. The van der Waals surface area contributed by atoms with Gasteiger partial charge in [0.15, 0.2) is 5.76 Å². The summed E-state index contributed by atoms with van der Waals surface area (Å²) in [5, 5.41) is 7.71. The van der Waals surface area contributed by atoms with Crippen molar-refractivity contribution in [3.63, 3.8) is 0 Å². The Labute approximate surface area is 157 Å². The monoisotopic (exact) mass is 360 g/mol. The Kier molecular flexibility index (Phi) is 4.28. The first-order valence-corrected chi connectivity index (χ1v) is 8.92. The van der Waals surface area contributed by atoms with E-state index in [1.807, 2.05) is 50.2 Å². The molecule has 0 bridgehead atoms. The lowest BCUT2D eigenvalue weighted by atomic mass is 10.1. The van der Waals surface area contributed by atoms with Crippen LogP contribution in [0, 0.1) is 13.8 Å². The lowest BCUT2D eigenvalue weighted by Crippen LogP contribution is -2.11. The summed E-state index contributed by atoms with van der Waals surface area (Å²) in [7, 11) is 0. The van der Waals surface area contributed by atoms with Gasteiger partial charge in [-0.15, -0.1) is 0 Å². The fourth-order valence-corrected chi connectivity index (χ4v) is 3.07. The summed E-state index contributed by atoms with van der Waals surface area (Å²) in [6.45, 7) is 6.01. The topological polar surface area (TPSA) is 68.3 Å². The average molecular weight is 360 g/mol. The molecule has 0 aliphatic rings. The molecular formula is C22H20N2O3. The van der Waals surface area contributed by atoms with Crippen molar-refractivity contribution >= 4 is 22.8 Å². The van der Waals surface area contributed by atoms with Crippen molar-refractivity contribution in [1.82, 2.24) is 5.16 Å². The van der Waals surface area contributed by atoms with E-state index in [0.717, 1.165) is 22.9 Å². The fraction of sp³-hybridized carbons (Fsp3) is 0.182. The molecular weight excluding hydrogens is 340 g/mol. The van der Waals surface area contributed by atoms with Crippen LogP contribution in [0.2, 0.25) is 0 Å². The van der Waals surface area contributed by atoms with Gasteiger partial charge < -0.3 is 8.94 Å². The molecule has 0 aliphatic carbocycles. The number of amides is 1. The van der Waals surface area contributed by atoms with Crippen molar-refractivity contribution in [3.8, 4) is 11.3 Å². The molecule has 4 rings (SSSR count). The molecule has 0 spiro atoms. The van der Waals surface area contributed by atoms with Crippen molar-refractivity contribution in [2.45, 2.75) is 27.2 Å². The molecule has 2 heterocycles. The van der Waals surface area contributed by atoms with Crippen LogP contribution in [0.3, 0.4) is 0 Å². The van der Waals surface area contributed by atoms with E-state index < -0.39 is 0 Å². The first-order valence-electron chi connectivity index (χ1n) is 8.92. The molecule has 4 aromatic rings. The minimum atomic E-state index is -0.353. The molecule has 2 aromatic heterocycles. The Morgan fingerprint density at radius 1 is 1.07 bits per heavy atom. The Hall–Kier alpha value is -3.34. The first kappa shape index (κ1) is 17.1. The van der Waals surface area contributed by atoms with Crippen LogP contribution in [-0.4, -0.2) is 11.1 Å². The summed E-state index contributed by atoms with van der Waals surface area (Å²) in [6, 6.07) is 15.6. The minimum absolute atomic E-state index is 0.282. The van der Waals surface area contributed by atoms with Crippen LogP contribution in [0.1, 0.15) is 34.2 Å². The number of aryl methyl sites for hydroxylation is 3. The Morgan fingerprint density at radius 2 is 1.85 bits per heavy atom. The van der Waals surface area contributed by atoms with Crippen molar-refractivity contribution in [2.24, 2.45) is 0 Å². The number of anilines is 1. The minimum Gasteiger partial charge on any atom is -0.451 e. The predicted molar refractivity (Wildman–Crippen MR) is 105 cm³/mol. The quantitative estimate of drug-likeness (QED) is 0.520. The number of hydrogen-bond acceptors (Lipinski definition) is 4. The number of aromatic nitrogens is 1. The number of rotatable bonds is 4. The van der Waals surface area contributed by atoms with E-state index in [0.29, 0.717) is 11.3 Å². The fourth-order valence-electron chi connectivity index (χ4n) is 3.07. The van der Waals surface area contributed by atoms with E-state index in [9.17, 15) is 4.79 Å². The van der Waals surface area contributed by atoms with Gasteiger partial charge in [-0.2, -0.15) is 0 Å². The molecule has 0 saturated carbocycles. The molecule has 27 heavy (non-hydrogen) atoms. The number of benzene rings is 2. The number of nitrogens with one attached hydrogen (secondary N) is 1. The summed E-state index contributed by atoms with van der Waals surface area (Å²) >= 11 is 0. The molecule has 2 aromatic carbocycles. The molecule has 0 saturated heterocycles. The maximum atomic E-state index is 12.7. The molecule has 0 aliphatic heterocycles. The molecule has 136 valence electrons. The Morgan fingerprint density at radius 3 is 2.59 bits per heavy atom. The van der Waals surface area contributed by atoms with E-state index >= 15 is 0 Å². The van der Waals surface area contributed by atoms with Gasteiger partial charge in [0.05, 0.1) is 0 Å². The van der Waals surface area contributed by atoms with Gasteiger partial charge in [-0.25, -0.2) is 0 Å². The van der Waals surface area contributed by atoms with Gasteiger partial charge in [0, 0.05) is 22.6 Å². The lowest BCUT2D eigenvalue weighted by molar-refractivity contribution is 0.0994. The van der Waals surface area contributed by atoms with Gasteiger partial charge in [-0.3, -0.25) is 10.1 Å². The third kappa shape index (κ3) is 3.24. The zero-order valence-electron chi connectivity index (χ0n) is 15.5. The number of fused-ring (bicyclic) bond motifs is 1. The third-order valence-electron chi connectivity index (χ3n) is 4.71. The predicted octanol–water partition coefficient (Wildman–Crippen LogP) is 5.52. The maximum Gasteiger partial charge on any atom is 0.294 e. The lowest BCUT2D eigenvalue weighted by Gasteiger charge is -1.98. The zero-order valence-corrected chi connectivity index (χ0v) is 15.5. The highest BCUT2D eigenvalue weighted by Gasteiger charge is 2.19. The second-order valence-corrected chi connectivity index (χ2v) is 6.64. The van der Waals surface area contributed by atoms with Crippen molar-refractivity contribution < 1.29 is 13.7 Å². The number of hydrogen-bond donors (Lipinski definition) is 1. The van der Waals surface area contributed by atoms with Gasteiger partial charge in [0.2, 0.25) is 5.88 Å². The SMILES string of the molecule is CCc1ccc2oc(C(=O)Nc3cc(-c4ccc(C)cc4)no3)c(C)c2c1. The molecule has 0 radical (unpaired) electrons. The summed E-state index contributed by atoms with van der Waals surface area (Å²) in [6.07, 6.45) is 0.932. The van der Waals surface area contributed by atoms with E-state index in [-0.39, 0.29) is 17.6 Å². The zero-order chi connectivity index (χ0) is 19.0. The highest BCUT2D eigenvalue weighted by Crippen LogP contribution is 2.28. The van der Waals surface area contributed by atoms with Gasteiger partial charge in [-0.1, -0.05) is 48.0 Å². The van der Waals surface area contributed by atoms with E-state index in [4.69, 9.17) is 8.94 Å². The molecule has 5 nitrogen and oxygen atoms in total. The van der Waals surface area contributed by atoms with Crippen LogP contribution in [-0.2, 0) is 6.42 Å². The molecule has 0 fully saturated rings. The van der Waals surface area contributed by atoms with Crippen LogP contribution in [0.4, 0.5) is 5.88 Å². The van der Waals surface area contributed by atoms with Crippen LogP contribution >= 0.6 is 0 Å². The second-order valence-electron chi connectivity index (χ2n) is 6.64. The van der Waals surface area contributed by atoms with E-state index in [2.05, 4.69) is 23.5 Å². The van der Waals surface area contributed by atoms with Crippen molar-refractivity contribution in [3.05, 3.63) is 71.0 Å². The van der Waals surface area contributed by atoms with Crippen LogP contribution in [0.5, 0.6) is 0 Å². The Balaban J connectivity index is 1.58. The maximum absolute atomic E-state index is 12.7. The standard InChI is InChI=1S/C22H20N2O3/c1-4-15-7-10-19-17(11-15)14(3)21(26-19)22(25)23-20-12-18(24-27-20)16-8-5-13(2)6-9-16/h5-12H,4H2,1-3H3,(H,23,25). The summed E-state index contributed by atoms with van der Waals surface area (Å²) < 4.78 is 11.0. The number of nitrogens with zero attached hydrogens (tertiary/aromatic N) is 1. The Bertz CT molecular complexity index is 1120. The average Bonchev–Trinajstić information content (AvgIpc) is 3.27. The van der Waals surface area contributed by atoms with Gasteiger partial charge in [-0.05, 0) is 38.0 Å². The number of carbonyl (C=O) groups is 1. The highest BCUT2D eigenvalue weighted by molar-refractivity contribution is 6.06. The molecule has 1 N–H and O–H groups in total. The van der Waals surface area contributed by atoms with Crippen LogP contribution < -0.4 is 5.32 Å². The molecule has 0 unspecified atom stereocenters. The molecule has 0 atom stereocenters. The van der Waals surface area contributed by atoms with Gasteiger partial charge in [0.1, 0.15) is 11.3 Å². The second kappa shape index (κ2) is 6.76. The van der Waals surface area contributed by atoms with Gasteiger partial charge >= 0.3 is 0 Å². The number of carbonyl (C=O) groups excluding carboxylic acids is 1. The van der Waals surface area contributed by atoms with Crippen LogP contribution in [0.25, 0.3) is 22.2 Å². The first-order chi connectivity index (χ1) is 13.0. The largest absolute Gasteiger partial charge is 0.451 e. The van der Waals surface area contributed by atoms with Crippen LogP contribution in [0.15, 0.2) is 57.5 Å². The third-order valence-corrected chi connectivity index (χ3v) is 4.71. The van der Waals surface area contributed by atoms with E-state index in [1.165, 1.54) is 11.1 Å². The summed E-state index contributed by atoms with van der Waals surface area (Å²) in [5.41, 5.74) is 5.48. The smallest absolute Gasteiger partial charge is 0.294 e. The number of furan rings is 1. The summed E-state index contributed by atoms with van der Waals surface area (Å²) in [4.78, 5) is 12.7. The van der Waals surface area contributed by atoms with Crippen molar-refractivity contribution in [2.75, 3.05) is 5.32 Å². The van der Waals surface area contributed by atoms with Crippen molar-refractivity contribution in [1.29, 1.82) is 0 Å². The normalized spacial score (nSPS) is 11.1. The van der Waals surface area contributed by atoms with E-state index in [1.54, 1.807) is 6.07 Å². The molecule has 1 amide bonds. The molecule has 5 heteroatoms. The summed E-state index contributed by atoms with van der Waals surface area (Å²) in [5.74, 6) is 0.213.